The van der Waals surface area contributed by atoms with E-state index in [9.17, 15) is 8.42 Å². The Hall–Kier alpha value is -0.950. The summed E-state index contributed by atoms with van der Waals surface area (Å²) in [6.45, 7) is 1.91. The van der Waals surface area contributed by atoms with Crippen LogP contribution in [0.3, 0.4) is 0 Å². The molecule has 3 N–H and O–H groups in total. The summed E-state index contributed by atoms with van der Waals surface area (Å²) >= 11 is 0. The summed E-state index contributed by atoms with van der Waals surface area (Å²) in [4.78, 5) is 2.36. The molecule has 1 rings (SSSR count). The Labute approximate surface area is 127 Å². The fourth-order valence-electron chi connectivity index (χ4n) is 2.04. The molecule has 0 radical (unpaired) electrons. The van der Waals surface area contributed by atoms with Crippen molar-refractivity contribution < 1.29 is 13.5 Å². The molecular formula is C15H26N2O3S. The van der Waals surface area contributed by atoms with E-state index in [1.807, 2.05) is 18.0 Å². The Morgan fingerprint density at radius 2 is 1.95 bits per heavy atom. The Morgan fingerprint density at radius 3 is 2.62 bits per heavy atom. The van der Waals surface area contributed by atoms with Gasteiger partial charge in [-0.1, -0.05) is 12.1 Å². The number of rotatable bonds is 10. The second-order valence-electron chi connectivity index (χ2n) is 5.26. The van der Waals surface area contributed by atoms with Gasteiger partial charge in [0.25, 0.3) is 0 Å². The molecular weight excluding hydrogens is 288 g/mol. The molecule has 6 heteroatoms. The number of hydrogen-bond donors (Lipinski definition) is 2. The molecule has 5 nitrogen and oxygen atoms in total. The number of benzene rings is 1. The zero-order valence-electron chi connectivity index (χ0n) is 12.7. The third-order valence-corrected chi connectivity index (χ3v) is 5.13. The summed E-state index contributed by atoms with van der Waals surface area (Å²) < 4.78 is 24.6. The van der Waals surface area contributed by atoms with Crippen molar-refractivity contribution in [2.45, 2.75) is 30.7 Å². The third-order valence-electron chi connectivity index (χ3n) is 3.43. The third kappa shape index (κ3) is 6.56. The first-order chi connectivity index (χ1) is 9.99. The number of aliphatic hydroxyl groups is 1. The van der Waals surface area contributed by atoms with Crippen LogP contribution in [-0.4, -0.2) is 50.9 Å². The number of nitrogens with zero attached hydrogens (tertiary/aromatic N) is 1. The first-order valence-corrected chi connectivity index (χ1v) is 8.96. The van der Waals surface area contributed by atoms with Crippen LogP contribution in [0.25, 0.3) is 0 Å². The molecule has 0 fully saturated rings. The SMILES string of the molecule is CN(CCCCCO)CCS(=O)(=O)c1cccc(CN)c1. The topological polar surface area (TPSA) is 83.6 Å². The Morgan fingerprint density at radius 1 is 1.19 bits per heavy atom. The number of sulfone groups is 1. The maximum absolute atomic E-state index is 12.3. The lowest BCUT2D eigenvalue weighted by Gasteiger charge is -2.16. The van der Waals surface area contributed by atoms with Crippen molar-refractivity contribution >= 4 is 9.84 Å². The second-order valence-corrected chi connectivity index (χ2v) is 7.37. The van der Waals surface area contributed by atoms with E-state index in [-0.39, 0.29) is 12.4 Å². The lowest BCUT2D eigenvalue weighted by molar-refractivity contribution is 0.275. The van der Waals surface area contributed by atoms with E-state index in [0.717, 1.165) is 31.4 Å². The highest BCUT2D eigenvalue weighted by Gasteiger charge is 2.15. The van der Waals surface area contributed by atoms with Gasteiger partial charge in [0.1, 0.15) is 0 Å². The van der Waals surface area contributed by atoms with Crippen molar-refractivity contribution in [3.05, 3.63) is 29.8 Å². The smallest absolute Gasteiger partial charge is 0.179 e. The van der Waals surface area contributed by atoms with Crippen LogP contribution in [0.15, 0.2) is 29.2 Å². The molecule has 1 aromatic carbocycles. The average Bonchev–Trinajstić information content (AvgIpc) is 2.50. The summed E-state index contributed by atoms with van der Waals surface area (Å²) in [6, 6.07) is 6.83. The summed E-state index contributed by atoms with van der Waals surface area (Å²) in [7, 11) is -1.34. The van der Waals surface area contributed by atoms with E-state index in [0.29, 0.717) is 18.0 Å². The molecule has 21 heavy (non-hydrogen) atoms. The van der Waals surface area contributed by atoms with Crippen LogP contribution in [0.5, 0.6) is 0 Å². The van der Waals surface area contributed by atoms with Gasteiger partial charge in [-0.15, -0.1) is 0 Å². The van der Waals surface area contributed by atoms with E-state index < -0.39 is 9.84 Å². The van der Waals surface area contributed by atoms with Gasteiger partial charge in [-0.2, -0.15) is 0 Å². The Bertz CT molecular complexity index is 517. The Kier molecular flexibility index (Phi) is 7.88. The molecule has 0 atom stereocenters. The van der Waals surface area contributed by atoms with Crippen LogP contribution in [0.4, 0.5) is 0 Å². The molecule has 0 aliphatic heterocycles. The molecule has 0 heterocycles. The summed E-state index contributed by atoms with van der Waals surface area (Å²) in [5.74, 6) is 0.109. The summed E-state index contributed by atoms with van der Waals surface area (Å²) in [5, 5.41) is 8.71. The standard InChI is InChI=1S/C15H26N2O3S/c1-17(8-3-2-4-10-18)9-11-21(19,20)15-7-5-6-14(12-15)13-16/h5-7,12,18H,2-4,8-11,13,16H2,1H3. The van der Waals surface area contributed by atoms with Gasteiger partial charge in [0.15, 0.2) is 9.84 Å². The zero-order valence-corrected chi connectivity index (χ0v) is 13.5. The van der Waals surface area contributed by atoms with Crippen molar-refractivity contribution in [3.63, 3.8) is 0 Å². The molecule has 0 aliphatic rings. The van der Waals surface area contributed by atoms with Gasteiger partial charge < -0.3 is 15.7 Å². The lowest BCUT2D eigenvalue weighted by Crippen LogP contribution is -2.26. The zero-order chi connectivity index (χ0) is 15.7. The number of hydrogen-bond acceptors (Lipinski definition) is 5. The van der Waals surface area contributed by atoms with Gasteiger partial charge >= 0.3 is 0 Å². The molecule has 1 aromatic rings. The fraction of sp³-hybridized carbons (Fsp3) is 0.600. The molecule has 120 valence electrons. The van der Waals surface area contributed by atoms with E-state index in [1.165, 1.54) is 0 Å². The van der Waals surface area contributed by atoms with Crippen molar-refractivity contribution in [1.29, 1.82) is 0 Å². The minimum absolute atomic E-state index is 0.109. The fourth-order valence-corrected chi connectivity index (χ4v) is 3.45. The largest absolute Gasteiger partial charge is 0.396 e. The molecule has 0 aliphatic carbocycles. The van der Waals surface area contributed by atoms with Gasteiger partial charge in [-0.05, 0) is 50.6 Å². The minimum Gasteiger partial charge on any atom is -0.396 e. The van der Waals surface area contributed by atoms with Crippen molar-refractivity contribution in [3.8, 4) is 0 Å². The van der Waals surface area contributed by atoms with Crippen molar-refractivity contribution in [1.82, 2.24) is 4.90 Å². The van der Waals surface area contributed by atoms with Gasteiger partial charge in [0.05, 0.1) is 10.6 Å². The lowest BCUT2D eigenvalue weighted by atomic mass is 10.2. The van der Waals surface area contributed by atoms with Crippen molar-refractivity contribution in [2.75, 3.05) is 32.5 Å². The summed E-state index contributed by atoms with van der Waals surface area (Å²) in [5.41, 5.74) is 6.37. The molecule has 0 spiro atoms. The molecule has 0 aromatic heterocycles. The highest BCUT2D eigenvalue weighted by atomic mass is 32.2. The molecule has 0 unspecified atom stereocenters. The van der Waals surface area contributed by atoms with Crippen LogP contribution in [0.1, 0.15) is 24.8 Å². The minimum atomic E-state index is -3.26. The average molecular weight is 314 g/mol. The monoisotopic (exact) mass is 314 g/mol. The predicted molar refractivity (Wildman–Crippen MR) is 84.8 cm³/mol. The maximum Gasteiger partial charge on any atom is 0.179 e. The van der Waals surface area contributed by atoms with E-state index in [2.05, 4.69) is 0 Å². The van der Waals surface area contributed by atoms with E-state index in [1.54, 1.807) is 18.2 Å². The van der Waals surface area contributed by atoms with Gasteiger partial charge in [-0.3, -0.25) is 0 Å². The highest BCUT2D eigenvalue weighted by molar-refractivity contribution is 7.91. The van der Waals surface area contributed by atoms with Gasteiger partial charge in [0, 0.05) is 19.7 Å². The number of aliphatic hydroxyl groups excluding tert-OH is 1. The van der Waals surface area contributed by atoms with Crippen LogP contribution >= 0.6 is 0 Å². The predicted octanol–water partition coefficient (Wildman–Crippen LogP) is 1.01. The summed E-state index contributed by atoms with van der Waals surface area (Å²) in [6.07, 6.45) is 2.74. The number of nitrogens with two attached hydrogens (primary N) is 1. The maximum atomic E-state index is 12.3. The molecule has 0 amide bonds. The van der Waals surface area contributed by atoms with Crippen LogP contribution < -0.4 is 5.73 Å². The number of unbranched alkanes of at least 4 members (excludes halogenated alkanes) is 2. The van der Waals surface area contributed by atoms with E-state index in [4.69, 9.17) is 10.8 Å². The van der Waals surface area contributed by atoms with Crippen molar-refractivity contribution in [2.24, 2.45) is 5.73 Å². The highest BCUT2D eigenvalue weighted by Crippen LogP contribution is 2.13. The van der Waals surface area contributed by atoms with Gasteiger partial charge in [0.2, 0.25) is 0 Å². The van der Waals surface area contributed by atoms with Crippen LogP contribution in [-0.2, 0) is 16.4 Å². The van der Waals surface area contributed by atoms with Crippen LogP contribution in [0, 0.1) is 0 Å². The molecule has 0 saturated heterocycles. The van der Waals surface area contributed by atoms with E-state index >= 15 is 0 Å². The first-order valence-electron chi connectivity index (χ1n) is 7.31. The van der Waals surface area contributed by atoms with Gasteiger partial charge in [-0.25, -0.2) is 8.42 Å². The first kappa shape index (κ1) is 18.1. The second kappa shape index (κ2) is 9.15. The quantitative estimate of drug-likeness (QED) is 0.630. The molecule has 0 saturated carbocycles. The van der Waals surface area contributed by atoms with Crippen LogP contribution in [0.2, 0.25) is 0 Å². The molecule has 0 bridgehead atoms. The Balaban J connectivity index is 2.48. The normalized spacial score (nSPS) is 12.0.